The number of rotatable bonds is 6. The quantitative estimate of drug-likeness (QED) is 0.565. The number of Topliss-reactive ketones (excluding diaryl/α,β-unsaturated/α-hetero) is 1. The van der Waals surface area contributed by atoms with Crippen LogP contribution in [0.4, 0.5) is 0 Å². The zero-order chi connectivity index (χ0) is 17.6. The summed E-state index contributed by atoms with van der Waals surface area (Å²) < 4.78 is 0. The Hall–Kier alpha value is -1.89. The number of ketones is 1. The lowest BCUT2D eigenvalue weighted by Crippen LogP contribution is -2.18. The molecular weight excluding hydrogens is 304 g/mol. The molecule has 0 saturated heterocycles. The molecule has 0 spiro atoms. The molecule has 0 bridgehead atoms. The molecule has 1 aliphatic carbocycles. The molecule has 1 heteroatoms. The first-order valence-electron chi connectivity index (χ1n) is 9.75. The van der Waals surface area contributed by atoms with Gasteiger partial charge in [-0.05, 0) is 56.9 Å². The fourth-order valence-corrected chi connectivity index (χ4v) is 3.97. The highest BCUT2D eigenvalue weighted by Gasteiger charge is 2.23. The lowest BCUT2D eigenvalue weighted by atomic mass is 9.77. The summed E-state index contributed by atoms with van der Waals surface area (Å²) in [7, 11) is 0. The molecular formula is C24H30O. The average molecular weight is 335 g/mol. The van der Waals surface area contributed by atoms with Gasteiger partial charge in [0.05, 0.1) is 0 Å². The lowest BCUT2D eigenvalue weighted by Gasteiger charge is -2.28. The van der Waals surface area contributed by atoms with Crippen molar-refractivity contribution in [2.24, 2.45) is 11.8 Å². The van der Waals surface area contributed by atoms with Crippen molar-refractivity contribution in [3.8, 4) is 0 Å². The van der Waals surface area contributed by atoms with E-state index in [9.17, 15) is 4.79 Å². The highest BCUT2D eigenvalue weighted by molar-refractivity contribution is 5.96. The van der Waals surface area contributed by atoms with Gasteiger partial charge in [-0.25, -0.2) is 0 Å². The highest BCUT2D eigenvalue weighted by Crippen LogP contribution is 2.34. The van der Waals surface area contributed by atoms with Crippen molar-refractivity contribution in [3.63, 3.8) is 0 Å². The first-order valence-corrected chi connectivity index (χ1v) is 9.75. The first-order chi connectivity index (χ1) is 12.1. The van der Waals surface area contributed by atoms with E-state index in [1.165, 1.54) is 55.2 Å². The van der Waals surface area contributed by atoms with E-state index in [2.05, 4.69) is 38.1 Å². The van der Waals surface area contributed by atoms with Gasteiger partial charge in [0.2, 0.25) is 0 Å². The van der Waals surface area contributed by atoms with Gasteiger partial charge in [-0.3, -0.25) is 4.79 Å². The Morgan fingerprint density at radius 1 is 0.800 bits per heavy atom. The van der Waals surface area contributed by atoms with Gasteiger partial charge in [0.25, 0.3) is 0 Å². The van der Waals surface area contributed by atoms with E-state index < -0.39 is 0 Å². The van der Waals surface area contributed by atoms with E-state index in [-0.39, 0.29) is 0 Å². The maximum Gasteiger partial charge on any atom is 0.163 e. The third-order valence-electron chi connectivity index (χ3n) is 5.78. The Morgan fingerprint density at radius 3 is 1.92 bits per heavy atom. The van der Waals surface area contributed by atoms with Gasteiger partial charge >= 0.3 is 0 Å². The van der Waals surface area contributed by atoms with Crippen LogP contribution in [0.15, 0.2) is 48.5 Å². The van der Waals surface area contributed by atoms with Gasteiger partial charge in [0.15, 0.2) is 5.78 Å². The molecule has 0 radical (unpaired) electrons. The molecule has 132 valence electrons. The van der Waals surface area contributed by atoms with Crippen molar-refractivity contribution in [3.05, 3.63) is 70.8 Å². The third-order valence-corrected chi connectivity index (χ3v) is 5.78. The summed E-state index contributed by atoms with van der Waals surface area (Å²) in [5.74, 6) is 1.75. The fraction of sp³-hybridized carbons (Fsp3) is 0.458. The predicted octanol–water partition coefficient (Wildman–Crippen LogP) is 6.32. The van der Waals surface area contributed by atoms with Crippen molar-refractivity contribution >= 4 is 5.78 Å². The molecule has 1 aliphatic rings. The molecule has 0 aliphatic heterocycles. The third kappa shape index (κ3) is 5.29. The first kappa shape index (κ1) is 17.9. The summed E-state index contributed by atoms with van der Waals surface area (Å²) in [5, 5.41) is 0. The standard InChI is InChI=1S/C24H30O/c1-18-3-7-20(8-4-18)9-10-21-11-13-22(14-12-21)17-24(25)23-15-5-19(2)6-16-23/h3-8,15-16,21-22H,9-14,17H2,1-2H3. The van der Waals surface area contributed by atoms with Gasteiger partial charge < -0.3 is 0 Å². The average Bonchev–Trinajstić information content (AvgIpc) is 2.63. The van der Waals surface area contributed by atoms with Crippen molar-refractivity contribution in [2.45, 2.75) is 58.8 Å². The summed E-state index contributed by atoms with van der Waals surface area (Å²) in [6, 6.07) is 17.0. The highest BCUT2D eigenvalue weighted by atomic mass is 16.1. The second-order valence-corrected chi connectivity index (χ2v) is 7.90. The minimum absolute atomic E-state index is 0.322. The van der Waals surface area contributed by atoms with Gasteiger partial charge in [0.1, 0.15) is 0 Å². The van der Waals surface area contributed by atoms with E-state index in [1.54, 1.807) is 0 Å². The summed E-state index contributed by atoms with van der Waals surface area (Å²) in [5.41, 5.74) is 4.89. The van der Waals surface area contributed by atoms with Crippen LogP contribution >= 0.6 is 0 Å². The molecule has 25 heavy (non-hydrogen) atoms. The van der Waals surface area contributed by atoms with Crippen LogP contribution in [0.3, 0.4) is 0 Å². The van der Waals surface area contributed by atoms with Crippen molar-refractivity contribution in [1.29, 1.82) is 0 Å². The van der Waals surface area contributed by atoms with Crippen LogP contribution in [0, 0.1) is 25.7 Å². The van der Waals surface area contributed by atoms with Crippen LogP contribution in [-0.2, 0) is 6.42 Å². The van der Waals surface area contributed by atoms with Crippen LogP contribution in [-0.4, -0.2) is 5.78 Å². The molecule has 0 N–H and O–H groups in total. The topological polar surface area (TPSA) is 17.1 Å². The van der Waals surface area contributed by atoms with Crippen molar-refractivity contribution < 1.29 is 4.79 Å². The number of carbonyl (C=O) groups is 1. The Balaban J connectivity index is 1.41. The second kappa shape index (κ2) is 8.47. The molecule has 1 saturated carbocycles. The van der Waals surface area contributed by atoms with Crippen LogP contribution in [0.5, 0.6) is 0 Å². The molecule has 2 aromatic rings. The maximum absolute atomic E-state index is 12.4. The van der Waals surface area contributed by atoms with E-state index in [1.807, 2.05) is 24.3 Å². The molecule has 2 aromatic carbocycles. The minimum atomic E-state index is 0.322. The molecule has 1 fully saturated rings. The SMILES string of the molecule is Cc1ccc(CCC2CCC(CC(=O)c3ccc(C)cc3)CC2)cc1. The number of carbonyl (C=O) groups excluding carboxylic acids is 1. The number of hydrogen-bond acceptors (Lipinski definition) is 1. The molecule has 0 atom stereocenters. The smallest absolute Gasteiger partial charge is 0.163 e. The molecule has 0 aromatic heterocycles. The molecule has 0 unspecified atom stereocenters. The van der Waals surface area contributed by atoms with Crippen LogP contribution < -0.4 is 0 Å². The summed E-state index contributed by atoms with van der Waals surface area (Å²) in [6.45, 7) is 4.20. The van der Waals surface area contributed by atoms with Crippen LogP contribution in [0.1, 0.15) is 65.6 Å². The van der Waals surface area contributed by atoms with E-state index in [0.29, 0.717) is 11.7 Å². The van der Waals surface area contributed by atoms with Crippen molar-refractivity contribution in [2.75, 3.05) is 0 Å². The second-order valence-electron chi connectivity index (χ2n) is 7.90. The van der Waals surface area contributed by atoms with E-state index in [0.717, 1.165) is 17.9 Å². The van der Waals surface area contributed by atoms with Crippen molar-refractivity contribution in [1.82, 2.24) is 0 Å². The zero-order valence-corrected chi connectivity index (χ0v) is 15.6. The summed E-state index contributed by atoms with van der Waals surface area (Å²) >= 11 is 0. The van der Waals surface area contributed by atoms with Gasteiger partial charge in [0, 0.05) is 12.0 Å². The Labute approximate surface area is 152 Å². The summed E-state index contributed by atoms with van der Waals surface area (Å²) in [4.78, 5) is 12.4. The lowest BCUT2D eigenvalue weighted by molar-refractivity contribution is 0.0942. The van der Waals surface area contributed by atoms with E-state index in [4.69, 9.17) is 0 Å². The van der Waals surface area contributed by atoms with Crippen LogP contribution in [0.2, 0.25) is 0 Å². The number of benzene rings is 2. The fourth-order valence-electron chi connectivity index (χ4n) is 3.97. The Kier molecular flexibility index (Phi) is 6.07. The monoisotopic (exact) mass is 334 g/mol. The van der Waals surface area contributed by atoms with E-state index >= 15 is 0 Å². The molecule has 1 nitrogen and oxygen atoms in total. The normalized spacial score (nSPS) is 20.4. The molecule has 3 rings (SSSR count). The summed E-state index contributed by atoms with van der Waals surface area (Å²) in [6.07, 6.45) is 8.23. The predicted molar refractivity (Wildman–Crippen MR) is 105 cm³/mol. The maximum atomic E-state index is 12.4. The Morgan fingerprint density at radius 2 is 1.32 bits per heavy atom. The molecule has 0 amide bonds. The zero-order valence-electron chi connectivity index (χ0n) is 15.6. The van der Waals surface area contributed by atoms with Gasteiger partial charge in [-0.1, -0.05) is 72.5 Å². The van der Waals surface area contributed by atoms with Crippen LogP contribution in [0.25, 0.3) is 0 Å². The minimum Gasteiger partial charge on any atom is -0.294 e. The molecule has 0 heterocycles. The van der Waals surface area contributed by atoms with Gasteiger partial charge in [-0.15, -0.1) is 0 Å². The largest absolute Gasteiger partial charge is 0.294 e. The number of aryl methyl sites for hydroxylation is 3. The number of hydrogen-bond donors (Lipinski definition) is 0. The van der Waals surface area contributed by atoms with Gasteiger partial charge in [-0.2, -0.15) is 0 Å². The Bertz CT molecular complexity index is 673.